The predicted octanol–water partition coefficient (Wildman–Crippen LogP) is 7.47. The van der Waals surface area contributed by atoms with E-state index < -0.39 is 0 Å². The van der Waals surface area contributed by atoms with E-state index in [1.807, 2.05) is 13.8 Å². The maximum absolute atomic E-state index is 2.50. The van der Waals surface area contributed by atoms with Crippen molar-refractivity contribution in [1.29, 1.82) is 0 Å². The third-order valence-electron chi connectivity index (χ3n) is 5.97. The average Bonchev–Trinajstić information content (AvgIpc) is 2.71. The summed E-state index contributed by atoms with van der Waals surface area (Å²) < 4.78 is 0. The smallest absolute Gasteiger partial charge is 0.0355 e. The molecule has 0 nitrogen and oxygen atoms in total. The maximum Gasteiger partial charge on any atom is -0.0355 e. The topological polar surface area (TPSA) is 0 Å². The molecule has 5 atom stereocenters. The second kappa shape index (κ2) is 10.7. The maximum atomic E-state index is 2.50. The van der Waals surface area contributed by atoms with Crippen LogP contribution in [0.2, 0.25) is 0 Å². The summed E-state index contributed by atoms with van der Waals surface area (Å²) >= 11 is 0. The van der Waals surface area contributed by atoms with Crippen molar-refractivity contribution in [2.24, 2.45) is 29.6 Å². The van der Waals surface area contributed by atoms with Gasteiger partial charge in [-0.1, -0.05) is 73.1 Å². The van der Waals surface area contributed by atoms with Crippen LogP contribution in [0.5, 0.6) is 0 Å². The molecular weight excluding hydrogens is 252 g/mol. The first-order valence-corrected chi connectivity index (χ1v) is 10.3. The lowest BCUT2D eigenvalue weighted by Gasteiger charge is -2.45. The van der Waals surface area contributed by atoms with Crippen molar-refractivity contribution < 1.29 is 0 Å². The van der Waals surface area contributed by atoms with Crippen LogP contribution in [0.15, 0.2) is 0 Å². The van der Waals surface area contributed by atoms with Gasteiger partial charge in [0.1, 0.15) is 0 Å². The fourth-order valence-corrected chi connectivity index (χ4v) is 5.23. The minimum atomic E-state index is 1.02. The third-order valence-corrected chi connectivity index (χ3v) is 5.97. The van der Waals surface area contributed by atoms with E-state index in [1.165, 1.54) is 25.7 Å². The van der Waals surface area contributed by atoms with Crippen molar-refractivity contribution in [3.05, 3.63) is 0 Å². The Bertz CT molecular complexity index is 244. The molecule has 21 heavy (non-hydrogen) atoms. The van der Waals surface area contributed by atoms with E-state index in [-0.39, 0.29) is 0 Å². The third kappa shape index (κ3) is 5.61. The quantitative estimate of drug-likeness (QED) is 0.434. The Hall–Kier alpha value is 0. The molecule has 0 N–H and O–H groups in total. The summed E-state index contributed by atoms with van der Waals surface area (Å²) in [7, 11) is 0. The van der Waals surface area contributed by atoms with Gasteiger partial charge < -0.3 is 0 Å². The lowest BCUT2D eigenvalue weighted by Crippen LogP contribution is -2.36. The molecule has 3 fully saturated rings. The van der Waals surface area contributed by atoms with Gasteiger partial charge in [0, 0.05) is 0 Å². The van der Waals surface area contributed by atoms with Crippen LogP contribution < -0.4 is 0 Å². The van der Waals surface area contributed by atoms with Gasteiger partial charge in [0.2, 0.25) is 0 Å². The fourth-order valence-electron chi connectivity index (χ4n) is 5.23. The van der Waals surface area contributed by atoms with E-state index in [4.69, 9.17) is 0 Å². The molecule has 0 bridgehead atoms. The summed E-state index contributed by atoms with van der Waals surface area (Å²) in [6.07, 6.45) is 16.8. The Labute approximate surface area is 135 Å². The van der Waals surface area contributed by atoms with E-state index in [9.17, 15) is 0 Å². The first-order valence-electron chi connectivity index (χ1n) is 10.3. The monoisotopic (exact) mass is 294 g/mol. The van der Waals surface area contributed by atoms with Gasteiger partial charge in [-0.25, -0.2) is 0 Å². The van der Waals surface area contributed by atoms with Crippen LogP contribution in [0.1, 0.15) is 105 Å². The van der Waals surface area contributed by atoms with E-state index in [0.29, 0.717) is 0 Å². The van der Waals surface area contributed by atoms with Crippen LogP contribution >= 0.6 is 0 Å². The number of rotatable bonds is 0. The first-order chi connectivity index (χ1) is 10.3. The highest BCUT2D eigenvalue weighted by atomic mass is 14.5. The second-order valence-electron chi connectivity index (χ2n) is 7.69. The summed E-state index contributed by atoms with van der Waals surface area (Å²) in [5, 5.41) is 0. The highest BCUT2D eigenvalue weighted by molar-refractivity contribution is 4.91. The molecule has 3 aliphatic carbocycles. The molecule has 3 saturated carbocycles. The largest absolute Gasteiger partial charge is 0.0683 e. The van der Waals surface area contributed by atoms with Crippen molar-refractivity contribution >= 4 is 0 Å². The Morgan fingerprint density at radius 2 is 1.19 bits per heavy atom. The average molecular weight is 295 g/mol. The van der Waals surface area contributed by atoms with Gasteiger partial charge in [0.05, 0.1) is 0 Å². The van der Waals surface area contributed by atoms with Gasteiger partial charge in [0.15, 0.2) is 0 Å². The van der Waals surface area contributed by atoms with Crippen molar-refractivity contribution in [1.82, 2.24) is 0 Å². The lowest BCUT2D eigenvalue weighted by molar-refractivity contribution is 0.0470. The Kier molecular flexibility index (Phi) is 9.69. The molecule has 0 heterocycles. The van der Waals surface area contributed by atoms with Gasteiger partial charge in [-0.2, -0.15) is 0 Å². The van der Waals surface area contributed by atoms with Crippen LogP contribution in [0, 0.1) is 29.6 Å². The molecule has 0 spiro atoms. The van der Waals surface area contributed by atoms with Crippen molar-refractivity contribution in [3.8, 4) is 0 Å². The van der Waals surface area contributed by atoms with E-state index >= 15 is 0 Å². The van der Waals surface area contributed by atoms with E-state index in [2.05, 4.69) is 20.8 Å². The van der Waals surface area contributed by atoms with Gasteiger partial charge in [-0.05, 0) is 61.7 Å². The molecule has 0 amide bonds. The predicted molar refractivity (Wildman–Crippen MR) is 96.6 cm³/mol. The highest BCUT2D eigenvalue weighted by Gasteiger charge is 2.40. The van der Waals surface area contributed by atoms with E-state index in [1.54, 1.807) is 44.9 Å². The lowest BCUT2D eigenvalue weighted by atomic mass is 9.60. The van der Waals surface area contributed by atoms with Crippen LogP contribution in [0.4, 0.5) is 0 Å². The van der Waals surface area contributed by atoms with Crippen molar-refractivity contribution in [3.63, 3.8) is 0 Å². The van der Waals surface area contributed by atoms with Gasteiger partial charge in [0.25, 0.3) is 0 Å². The Morgan fingerprint density at radius 3 is 1.90 bits per heavy atom. The second-order valence-corrected chi connectivity index (χ2v) is 7.69. The van der Waals surface area contributed by atoms with Crippen LogP contribution in [-0.4, -0.2) is 0 Å². The molecule has 126 valence electrons. The van der Waals surface area contributed by atoms with Crippen LogP contribution in [0.3, 0.4) is 0 Å². The normalized spacial score (nSPS) is 38.4. The summed E-state index contributed by atoms with van der Waals surface area (Å²) in [5.41, 5.74) is 0. The van der Waals surface area contributed by atoms with Gasteiger partial charge in [-0.3, -0.25) is 0 Å². The summed E-state index contributed by atoms with van der Waals surface area (Å²) in [4.78, 5) is 0. The SMILES string of the molecule is CC.CC1CCCC2C(CCC3CCCCC32)C1.CCC. The fraction of sp³-hybridized carbons (Fsp3) is 1.00. The van der Waals surface area contributed by atoms with Crippen molar-refractivity contribution in [2.45, 2.75) is 105 Å². The van der Waals surface area contributed by atoms with Crippen LogP contribution in [-0.2, 0) is 0 Å². The molecule has 0 aliphatic heterocycles. The molecule has 3 rings (SSSR count). The number of hydrogen-bond donors (Lipinski definition) is 0. The zero-order chi connectivity index (χ0) is 15.7. The highest BCUT2D eigenvalue weighted by Crippen LogP contribution is 2.51. The molecule has 5 unspecified atom stereocenters. The van der Waals surface area contributed by atoms with Crippen molar-refractivity contribution in [2.75, 3.05) is 0 Å². The zero-order valence-electron chi connectivity index (χ0n) is 15.7. The molecule has 0 aromatic rings. The Balaban J connectivity index is 0.000000395. The Morgan fingerprint density at radius 1 is 0.667 bits per heavy atom. The minimum absolute atomic E-state index is 1.02. The summed E-state index contributed by atoms with van der Waals surface area (Å²) in [6.45, 7) is 10.7. The first kappa shape index (κ1) is 19.0. The summed E-state index contributed by atoms with van der Waals surface area (Å²) in [5.74, 6) is 5.58. The number of hydrogen-bond acceptors (Lipinski definition) is 0. The molecular formula is C21H42. The summed E-state index contributed by atoms with van der Waals surface area (Å²) in [6, 6.07) is 0. The van der Waals surface area contributed by atoms with E-state index in [0.717, 1.165) is 29.6 Å². The molecule has 3 aliphatic rings. The van der Waals surface area contributed by atoms with Crippen LogP contribution in [0.25, 0.3) is 0 Å². The van der Waals surface area contributed by atoms with Gasteiger partial charge >= 0.3 is 0 Å². The molecule has 0 aromatic heterocycles. The zero-order valence-corrected chi connectivity index (χ0v) is 15.7. The molecule has 0 saturated heterocycles. The minimum Gasteiger partial charge on any atom is -0.0683 e. The van der Waals surface area contributed by atoms with Gasteiger partial charge in [-0.15, -0.1) is 0 Å². The number of fused-ring (bicyclic) bond motifs is 3. The molecule has 0 aromatic carbocycles. The molecule has 0 radical (unpaired) electrons. The standard InChI is InChI=1S/C16H28.C3H8.C2H6/c1-12-5-4-8-16-14(11-12)10-9-13-6-2-3-7-15(13)16;1-3-2;1-2/h12-16H,2-11H2,1H3;3H2,1-2H3;1-2H3. The molecule has 0 heteroatoms.